The fourth-order valence-corrected chi connectivity index (χ4v) is 3.12. The number of hydrogen-bond acceptors (Lipinski definition) is 1. The molecule has 0 radical (unpaired) electrons. The predicted molar refractivity (Wildman–Crippen MR) is 86.5 cm³/mol. The summed E-state index contributed by atoms with van der Waals surface area (Å²) in [6.45, 7) is 20.3. The number of allylic oxidation sites excluding steroid dienone is 2. The number of hydrogen-bond donors (Lipinski definition) is 0. The summed E-state index contributed by atoms with van der Waals surface area (Å²) in [5.74, 6) is 1.50. The Labute approximate surface area is 120 Å². The van der Waals surface area contributed by atoms with Gasteiger partial charge in [-0.2, -0.15) is 0 Å². The minimum absolute atomic E-state index is 0.0970. The standard InChI is InChI=1S/C17H30OSi/c1-16(2,3)13-11-10-12-14(17(4,5)6)15(13)18-19(7,8)9/h11-13H,1-9H3. The molecule has 0 heterocycles. The summed E-state index contributed by atoms with van der Waals surface area (Å²) < 4.78 is 6.47. The average molecular weight is 279 g/mol. The molecule has 0 aromatic carbocycles. The van der Waals surface area contributed by atoms with Gasteiger partial charge in [-0.05, 0) is 42.6 Å². The molecule has 108 valence electrons. The Kier molecular flexibility index (Phi) is 4.29. The molecule has 1 atom stereocenters. The second-order valence-electron chi connectivity index (χ2n) is 8.56. The van der Waals surface area contributed by atoms with Crippen molar-refractivity contribution in [3.8, 4) is 0 Å². The van der Waals surface area contributed by atoms with Gasteiger partial charge in [0.1, 0.15) is 0 Å². The minimum atomic E-state index is -1.61. The largest absolute Gasteiger partial charge is 0.546 e. The molecule has 0 amide bonds. The van der Waals surface area contributed by atoms with E-state index >= 15 is 0 Å². The fraction of sp³-hybridized carbons (Fsp3) is 0.706. The Hall–Kier alpha value is -0.723. The monoisotopic (exact) mass is 278 g/mol. The van der Waals surface area contributed by atoms with Crippen LogP contribution in [-0.2, 0) is 4.43 Å². The van der Waals surface area contributed by atoms with Gasteiger partial charge in [0, 0.05) is 11.5 Å². The molecule has 1 rings (SSSR count). The SMILES string of the molecule is CC(C)(C)C1=C(O[Si](C)(C)C)C(C(C)(C)C)C=C=C1. The third kappa shape index (κ3) is 4.40. The van der Waals surface area contributed by atoms with Gasteiger partial charge in [0.15, 0.2) is 0 Å². The molecule has 1 aliphatic rings. The van der Waals surface area contributed by atoms with Crippen molar-refractivity contribution >= 4 is 8.32 Å². The van der Waals surface area contributed by atoms with Crippen molar-refractivity contribution in [2.45, 2.75) is 61.2 Å². The van der Waals surface area contributed by atoms with Gasteiger partial charge in [0.25, 0.3) is 0 Å². The summed E-state index contributed by atoms with van der Waals surface area (Å²) in [7, 11) is -1.61. The molecule has 0 saturated heterocycles. The molecular formula is C17H30OSi. The zero-order chi connectivity index (χ0) is 15.1. The quantitative estimate of drug-likeness (QED) is 0.477. The van der Waals surface area contributed by atoms with Crippen molar-refractivity contribution in [1.82, 2.24) is 0 Å². The molecule has 0 N–H and O–H groups in total. The summed E-state index contributed by atoms with van der Waals surface area (Å²) >= 11 is 0. The van der Waals surface area contributed by atoms with E-state index in [0.29, 0.717) is 5.92 Å². The first-order chi connectivity index (χ1) is 8.32. The van der Waals surface area contributed by atoms with Crippen molar-refractivity contribution < 1.29 is 4.43 Å². The fourth-order valence-electron chi connectivity index (χ4n) is 2.22. The van der Waals surface area contributed by atoms with Gasteiger partial charge in [0.2, 0.25) is 8.32 Å². The summed E-state index contributed by atoms with van der Waals surface area (Å²) in [6.07, 6.45) is 4.28. The smallest absolute Gasteiger partial charge is 0.241 e. The van der Waals surface area contributed by atoms with E-state index in [2.05, 4.69) is 79.1 Å². The lowest BCUT2D eigenvalue weighted by atomic mass is 9.73. The first-order valence-electron chi connectivity index (χ1n) is 7.18. The minimum Gasteiger partial charge on any atom is -0.546 e. The normalized spacial score (nSPS) is 21.0. The van der Waals surface area contributed by atoms with Crippen LogP contribution in [0.25, 0.3) is 0 Å². The van der Waals surface area contributed by atoms with Gasteiger partial charge in [-0.15, -0.1) is 5.73 Å². The Bertz CT molecular complexity index is 429. The maximum absolute atomic E-state index is 6.47. The lowest BCUT2D eigenvalue weighted by molar-refractivity contribution is 0.237. The van der Waals surface area contributed by atoms with Crippen LogP contribution in [0.4, 0.5) is 0 Å². The van der Waals surface area contributed by atoms with Crippen molar-refractivity contribution in [2.75, 3.05) is 0 Å². The van der Waals surface area contributed by atoms with Gasteiger partial charge in [-0.3, -0.25) is 0 Å². The maximum Gasteiger partial charge on any atom is 0.241 e. The second-order valence-corrected chi connectivity index (χ2v) is 13.0. The lowest BCUT2D eigenvalue weighted by Gasteiger charge is -2.38. The molecule has 0 fully saturated rings. The third-order valence-electron chi connectivity index (χ3n) is 3.20. The third-order valence-corrected chi connectivity index (χ3v) is 4.03. The van der Waals surface area contributed by atoms with Crippen LogP contribution in [0.2, 0.25) is 19.6 Å². The predicted octanol–water partition coefficient (Wildman–Crippen LogP) is 5.53. The topological polar surface area (TPSA) is 9.23 Å². The highest BCUT2D eigenvalue weighted by Gasteiger charge is 2.35. The van der Waals surface area contributed by atoms with E-state index < -0.39 is 8.32 Å². The molecule has 1 aliphatic carbocycles. The molecule has 0 aromatic rings. The second kappa shape index (κ2) is 4.99. The first kappa shape index (κ1) is 16.3. The van der Waals surface area contributed by atoms with Crippen LogP contribution in [0.15, 0.2) is 29.2 Å². The van der Waals surface area contributed by atoms with Crippen LogP contribution in [0.3, 0.4) is 0 Å². The summed E-state index contributed by atoms with van der Waals surface area (Å²) in [5.41, 5.74) is 4.90. The van der Waals surface area contributed by atoms with Gasteiger partial charge < -0.3 is 4.43 Å². The van der Waals surface area contributed by atoms with E-state index in [1.165, 1.54) is 11.3 Å². The summed E-state index contributed by atoms with van der Waals surface area (Å²) in [5, 5.41) is 0. The van der Waals surface area contributed by atoms with Gasteiger partial charge in [-0.25, -0.2) is 0 Å². The van der Waals surface area contributed by atoms with Gasteiger partial charge in [0.05, 0.1) is 5.76 Å². The highest BCUT2D eigenvalue weighted by Crippen LogP contribution is 2.42. The zero-order valence-electron chi connectivity index (χ0n) is 14.1. The van der Waals surface area contributed by atoms with E-state index in [-0.39, 0.29) is 10.8 Å². The molecule has 2 heteroatoms. The molecule has 1 nitrogen and oxygen atoms in total. The molecule has 0 saturated carbocycles. The first-order valence-corrected chi connectivity index (χ1v) is 10.6. The highest BCUT2D eigenvalue weighted by atomic mass is 28.4. The molecular weight excluding hydrogens is 248 g/mol. The van der Waals surface area contributed by atoms with Crippen molar-refractivity contribution in [3.63, 3.8) is 0 Å². The number of rotatable bonds is 2. The van der Waals surface area contributed by atoms with Crippen LogP contribution >= 0.6 is 0 Å². The molecule has 0 aromatic heterocycles. The Morgan fingerprint density at radius 2 is 1.58 bits per heavy atom. The zero-order valence-corrected chi connectivity index (χ0v) is 15.1. The van der Waals surface area contributed by atoms with Crippen molar-refractivity contribution in [3.05, 3.63) is 29.2 Å². The summed E-state index contributed by atoms with van der Waals surface area (Å²) in [4.78, 5) is 0. The molecule has 19 heavy (non-hydrogen) atoms. The molecule has 0 spiro atoms. The van der Waals surface area contributed by atoms with E-state index in [9.17, 15) is 0 Å². The van der Waals surface area contributed by atoms with Crippen LogP contribution in [0, 0.1) is 16.7 Å². The van der Waals surface area contributed by atoms with Crippen LogP contribution < -0.4 is 0 Å². The molecule has 1 unspecified atom stereocenters. The highest BCUT2D eigenvalue weighted by molar-refractivity contribution is 6.70. The van der Waals surface area contributed by atoms with Crippen LogP contribution in [0.1, 0.15) is 41.5 Å². The van der Waals surface area contributed by atoms with Gasteiger partial charge >= 0.3 is 0 Å². The van der Waals surface area contributed by atoms with Gasteiger partial charge in [-0.1, -0.05) is 41.5 Å². The van der Waals surface area contributed by atoms with E-state index in [1.807, 2.05) is 0 Å². The Morgan fingerprint density at radius 1 is 1.05 bits per heavy atom. The average Bonchev–Trinajstić information content (AvgIpc) is 2.11. The van der Waals surface area contributed by atoms with E-state index in [0.717, 1.165) is 0 Å². The lowest BCUT2D eigenvalue weighted by Crippen LogP contribution is -2.33. The van der Waals surface area contributed by atoms with Crippen LogP contribution in [0.5, 0.6) is 0 Å². The molecule has 0 aliphatic heterocycles. The van der Waals surface area contributed by atoms with E-state index in [1.54, 1.807) is 0 Å². The van der Waals surface area contributed by atoms with Crippen LogP contribution in [-0.4, -0.2) is 8.32 Å². The van der Waals surface area contributed by atoms with Crippen molar-refractivity contribution in [2.24, 2.45) is 16.7 Å². The Morgan fingerprint density at radius 3 is 1.95 bits per heavy atom. The molecule has 0 bridgehead atoms. The Balaban J connectivity index is 3.37. The summed E-state index contributed by atoms with van der Waals surface area (Å²) in [6, 6.07) is 0. The maximum atomic E-state index is 6.47. The van der Waals surface area contributed by atoms with Crippen molar-refractivity contribution in [1.29, 1.82) is 0 Å². The van der Waals surface area contributed by atoms with E-state index in [4.69, 9.17) is 4.43 Å².